The van der Waals surface area contributed by atoms with E-state index in [1.54, 1.807) is 11.0 Å². The zero-order valence-electron chi connectivity index (χ0n) is 13.0. The Morgan fingerprint density at radius 3 is 3.09 bits per heavy atom. The Hall–Kier alpha value is -2.44. The molecule has 1 aromatic heterocycles. The number of methoxy groups -OCH3 is 1. The second-order valence-corrected chi connectivity index (χ2v) is 5.60. The number of hydrogen-bond acceptors (Lipinski definition) is 4. The summed E-state index contributed by atoms with van der Waals surface area (Å²) >= 11 is 0. The van der Waals surface area contributed by atoms with Crippen LogP contribution in [0.5, 0.6) is 5.75 Å². The number of hydrogen-bond donors (Lipinski definition) is 1. The number of nitrogens with zero attached hydrogens (tertiary/aromatic N) is 3. The first-order valence-electron chi connectivity index (χ1n) is 7.66. The number of ether oxygens (including phenoxy) is 1. The van der Waals surface area contributed by atoms with Crippen molar-refractivity contribution in [1.29, 1.82) is 0 Å². The quantitative estimate of drug-likeness (QED) is 0.938. The molecule has 2 heterocycles. The van der Waals surface area contributed by atoms with Crippen molar-refractivity contribution < 1.29 is 13.9 Å². The Bertz CT molecular complexity index is 675. The zero-order valence-corrected chi connectivity index (χ0v) is 13.0. The van der Waals surface area contributed by atoms with E-state index in [0.717, 1.165) is 19.3 Å². The number of nitrogens with one attached hydrogen (secondary N) is 1. The van der Waals surface area contributed by atoms with E-state index >= 15 is 0 Å². The van der Waals surface area contributed by atoms with Crippen molar-refractivity contribution in [3.8, 4) is 5.75 Å². The number of carbonyl (C=O) groups excluding carboxylic acids is 1. The molecule has 1 aliphatic rings. The molecule has 23 heavy (non-hydrogen) atoms. The molecule has 122 valence electrons. The van der Waals surface area contributed by atoms with Gasteiger partial charge in [0.1, 0.15) is 23.7 Å². The highest BCUT2D eigenvalue weighted by atomic mass is 19.1. The maximum atomic E-state index is 13.5. The van der Waals surface area contributed by atoms with Gasteiger partial charge in [-0.15, -0.1) is 0 Å². The first-order chi connectivity index (χ1) is 11.2. The lowest BCUT2D eigenvalue weighted by molar-refractivity contribution is -0.134. The lowest BCUT2D eigenvalue weighted by Crippen LogP contribution is -2.39. The number of H-pyrrole nitrogens is 1. The smallest absolute Gasteiger partial charge is 0.227 e. The van der Waals surface area contributed by atoms with Crippen LogP contribution in [0.1, 0.15) is 36.7 Å². The van der Waals surface area contributed by atoms with E-state index < -0.39 is 0 Å². The summed E-state index contributed by atoms with van der Waals surface area (Å²) in [6, 6.07) is 4.12. The predicted molar refractivity (Wildman–Crippen MR) is 81.3 cm³/mol. The highest BCUT2D eigenvalue weighted by molar-refractivity contribution is 5.80. The van der Waals surface area contributed by atoms with Crippen LogP contribution in [-0.4, -0.2) is 39.6 Å². The average Bonchev–Trinajstić information content (AvgIpc) is 3.09. The van der Waals surface area contributed by atoms with Gasteiger partial charge in [0.2, 0.25) is 5.91 Å². The van der Waals surface area contributed by atoms with Gasteiger partial charge in [-0.05, 0) is 37.5 Å². The maximum absolute atomic E-state index is 13.5. The molecule has 0 unspecified atom stereocenters. The summed E-state index contributed by atoms with van der Waals surface area (Å²) in [6.07, 6.45) is 4.39. The summed E-state index contributed by atoms with van der Waals surface area (Å²) in [6.45, 7) is 0.668. The summed E-state index contributed by atoms with van der Waals surface area (Å²) in [5.41, 5.74) is 0.555. The van der Waals surface area contributed by atoms with E-state index in [9.17, 15) is 9.18 Å². The van der Waals surface area contributed by atoms with Gasteiger partial charge in [-0.1, -0.05) is 0 Å². The van der Waals surface area contributed by atoms with Crippen molar-refractivity contribution in [3.05, 3.63) is 41.7 Å². The SMILES string of the molecule is COc1ccc(F)cc1CC(=O)N1CCCC[C@@H]1c1ncn[nH]1. The van der Waals surface area contributed by atoms with Crippen LogP contribution in [0.4, 0.5) is 4.39 Å². The van der Waals surface area contributed by atoms with Crippen LogP contribution in [-0.2, 0) is 11.2 Å². The monoisotopic (exact) mass is 318 g/mol. The number of carbonyl (C=O) groups is 1. The van der Waals surface area contributed by atoms with Crippen LogP contribution in [0.2, 0.25) is 0 Å². The second-order valence-electron chi connectivity index (χ2n) is 5.60. The van der Waals surface area contributed by atoms with Crippen LogP contribution in [0.25, 0.3) is 0 Å². The van der Waals surface area contributed by atoms with Gasteiger partial charge in [0.05, 0.1) is 19.6 Å². The average molecular weight is 318 g/mol. The summed E-state index contributed by atoms with van der Waals surface area (Å²) in [5, 5.41) is 6.72. The third-order valence-electron chi connectivity index (χ3n) is 4.16. The standard InChI is InChI=1S/C16H19FN4O2/c1-23-14-6-5-12(17)8-11(14)9-15(22)21-7-3-2-4-13(21)16-18-10-19-20-16/h5-6,8,10,13H,2-4,7,9H2,1H3,(H,18,19,20)/t13-/m1/s1. The number of piperidine rings is 1. The number of aromatic amines is 1. The van der Waals surface area contributed by atoms with Gasteiger partial charge >= 0.3 is 0 Å². The summed E-state index contributed by atoms with van der Waals surface area (Å²) < 4.78 is 18.7. The molecule has 1 N–H and O–H groups in total. The molecule has 0 bridgehead atoms. The molecule has 2 aromatic rings. The van der Waals surface area contributed by atoms with Gasteiger partial charge in [-0.3, -0.25) is 9.89 Å². The fraction of sp³-hybridized carbons (Fsp3) is 0.438. The largest absolute Gasteiger partial charge is 0.496 e. The first-order valence-corrected chi connectivity index (χ1v) is 7.66. The number of aromatic nitrogens is 3. The van der Waals surface area contributed by atoms with E-state index in [-0.39, 0.29) is 24.2 Å². The van der Waals surface area contributed by atoms with Crippen molar-refractivity contribution in [2.45, 2.75) is 31.7 Å². The molecule has 0 radical (unpaired) electrons. The number of halogens is 1. The van der Waals surface area contributed by atoms with E-state index in [1.807, 2.05) is 0 Å². The van der Waals surface area contributed by atoms with Gasteiger partial charge in [0, 0.05) is 12.1 Å². The summed E-state index contributed by atoms with van der Waals surface area (Å²) in [7, 11) is 1.51. The Morgan fingerprint density at radius 2 is 2.35 bits per heavy atom. The normalized spacial score (nSPS) is 18.0. The topological polar surface area (TPSA) is 71.1 Å². The molecular formula is C16H19FN4O2. The molecule has 1 atom stereocenters. The van der Waals surface area contributed by atoms with Crippen LogP contribution >= 0.6 is 0 Å². The Kier molecular flexibility index (Phi) is 4.55. The molecule has 1 amide bonds. The lowest BCUT2D eigenvalue weighted by Gasteiger charge is -2.34. The summed E-state index contributed by atoms with van der Waals surface area (Å²) in [4.78, 5) is 18.7. The Balaban J connectivity index is 1.80. The van der Waals surface area contributed by atoms with Crippen LogP contribution in [0, 0.1) is 5.82 Å². The predicted octanol–water partition coefficient (Wildman–Crippen LogP) is 2.25. The van der Waals surface area contributed by atoms with Crippen molar-refractivity contribution in [2.75, 3.05) is 13.7 Å². The van der Waals surface area contributed by atoms with Gasteiger partial charge in [0.15, 0.2) is 0 Å². The molecule has 3 rings (SSSR count). The second kappa shape index (κ2) is 6.76. The van der Waals surface area contributed by atoms with Gasteiger partial charge in [0.25, 0.3) is 0 Å². The Morgan fingerprint density at radius 1 is 1.48 bits per heavy atom. The van der Waals surface area contributed by atoms with Gasteiger partial charge in [-0.25, -0.2) is 9.37 Å². The van der Waals surface area contributed by atoms with Crippen molar-refractivity contribution in [3.63, 3.8) is 0 Å². The first kappa shape index (κ1) is 15.5. The molecule has 0 spiro atoms. The molecule has 1 aliphatic heterocycles. The third kappa shape index (κ3) is 3.33. The molecule has 0 saturated carbocycles. The molecule has 6 nitrogen and oxygen atoms in total. The number of amides is 1. The minimum absolute atomic E-state index is 0.0602. The molecule has 0 aliphatic carbocycles. The molecule has 1 fully saturated rings. The Labute approximate surface area is 133 Å². The number of rotatable bonds is 4. The van der Waals surface area contributed by atoms with E-state index in [4.69, 9.17) is 4.74 Å². The number of likely N-dealkylation sites (tertiary alicyclic amines) is 1. The highest BCUT2D eigenvalue weighted by Gasteiger charge is 2.30. The molecular weight excluding hydrogens is 299 g/mol. The highest BCUT2D eigenvalue weighted by Crippen LogP contribution is 2.30. The fourth-order valence-electron chi connectivity index (χ4n) is 3.04. The van der Waals surface area contributed by atoms with Crippen LogP contribution in [0.3, 0.4) is 0 Å². The van der Waals surface area contributed by atoms with Crippen LogP contribution in [0.15, 0.2) is 24.5 Å². The molecule has 7 heteroatoms. The maximum Gasteiger partial charge on any atom is 0.227 e. The van der Waals surface area contributed by atoms with Crippen LogP contribution < -0.4 is 4.74 Å². The van der Waals surface area contributed by atoms with E-state index in [1.165, 1.54) is 25.6 Å². The van der Waals surface area contributed by atoms with Gasteiger partial charge in [-0.2, -0.15) is 5.10 Å². The lowest BCUT2D eigenvalue weighted by atomic mass is 10.00. The molecule has 1 saturated heterocycles. The van der Waals surface area contributed by atoms with Gasteiger partial charge < -0.3 is 9.64 Å². The number of benzene rings is 1. The van der Waals surface area contributed by atoms with Crippen molar-refractivity contribution >= 4 is 5.91 Å². The van der Waals surface area contributed by atoms with E-state index in [2.05, 4.69) is 15.2 Å². The van der Waals surface area contributed by atoms with E-state index in [0.29, 0.717) is 23.7 Å². The molecule has 1 aromatic carbocycles. The van der Waals surface area contributed by atoms with Crippen molar-refractivity contribution in [2.24, 2.45) is 0 Å². The zero-order chi connectivity index (χ0) is 16.2. The third-order valence-corrected chi connectivity index (χ3v) is 4.16. The summed E-state index contributed by atoms with van der Waals surface area (Å²) in [5.74, 6) is 0.784. The fourth-order valence-corrected chi connectivity index (χ4v) is 3.04. The van der Waals surface area contributed by atoms with Crippen molar-refractivity contribution in [1.82, 2.24) is 20.1 Å². The minimum Gasteiger partial charge on any atom is -0.496 e. The minimum atomic E-state index is -0.376.